The molecule has 1 aliphatic rings. The number of ether oxygens (including phenoxy) is 1. The van der Waals surface area contributed by atoms with Crippen molar-refractivity contribution in [2.75, 3.05) is 0 Å². The van der Waals surface area contributed by atoms with Gasteiger partial charge in [-0.2, -0.15) is 0 Å². The van der Waals surface area contributed by atoms with Crippen LogP contribution in [0.25, 0.3) is 10.9 Å². The van der Waals surface area contributed by atoms with E-state index in [9.17, 15) is 0 Å². The first-order valence-corrected chi connectivity index (χ1v) is 14.8. The van der Waals surface area contributed by atoms with Crippen LogP contribution in [0.4, 0.5) is 0 Å². The summed E-state index contributed by atoms with van der Waals surface area (Å²) in [4.78, 5) is 8.92. The number of aromatic nitrogens is 5. The fraction of sp³-hybridized carbons (Fsp3) is 0.200. The lowest BCUT2D eigenvalue weighted by atomic mass is 9.76. The molecule has 1 saturated carbocycles. The van der Waals surface area contributed by atoms with Crippen LogP contribution < -0.4 is 4.74 Å². The summed E-state index contributed by atoms with van der Waals surface area (Å²) < 4.78 is 8.74. The first kappa shape index (κ1) is 26.4. The SMILES string of the molecule is Clc1cc2ncccc2c(OC2CCC(c3nncn3C(c3ccccc3)(c3ccccc3)c3ccccc3)CC2)n1. The molecule has 1 aliphatic carbocycles. The number of fused-ring (bicyclic) bond motifs is 1. The highest BCUT2D eigenvalue weighted by molar-refractivity contribution is 6.30. The van der Waals surface area contributed by atoms with Gasteiger partial charge in [-0.25, -0.2) is 4.98 Å². The van der Waals surface area contributed by atoms with Crippen molar-refractivity contribution in [2.45, 2.75) is 43.2 Å². The minimum absolute atomic E-state index is 0.0362. The van der Waals surface area contributed by atoms with Crippen molar-refractivity contribution < 1.29 is 4.74 Å². The van der Waals surface area contributed by atoms with Crippen molar-refractivity contribution in [1.29, 1.82) is 0 Å². The largest absolute Gasteiger partial charge is 0.474 e. The van der Waals surface area contributed by atoms with Gasteiger partial charge in [0.2, 0.25) is 5.88 Å². The van der Waals surface area contributed by atoms with Gasteiger partial charge in [-0.3, -0.25) is 9.55 Å². The van der Waals surface area contributed by atoms with E-state index in [1.54, 1.807) is 12.3 Å². The van der Waals surface area contributed by atoms with Crippen LogP contribution in [0, 0.1) is 0 Å². The van der Waals surface area contributed by atoms with Crippen LogP contribution in [-0.2, 0) is 5.54 Å². The Hall–Kier alpha value is -4.55. The van der Waals surface area contributed by atoms with Crippen molar-refractivity contribution in [3.05, 3.63) is 149 Å². The van der Waals surface area contributed by atoms with E-state index in [4.69, 9.17) is 21.4 Å². The number of halogens is 1. The zero-order valence-corrected chi connectivity index (χ0v) is 23.8. The van der Waals surface area contributed by atoms with Gasteiger partial charge in [0.25, 0.3) is 0 Å². The minimum atomic E-state index is -0.632. The van der Waals surface area contributed by atoms with Gasteiger partial charge in [0.05, 0.1) is 10.9 Å². The quantitative estimate of drug-likeness (QED) is 0.144. The Morgan fingerprint density at radius 3 is 1.93 bits per heavy atom. The average molecular weight is 572 g/mol. The highest BCUT2D eigenvalue weighted by Gasteiger charge is 2.41. The molecule has 0 aliphatic heterocycles. The molecule has 0 radical (unpaired) electrons. The van der Waals surface area contributed by atoms with Gasteiger partial charge in [-0.15, -0.1) is 10.2 Å². The van der Waals surface area contributed by atoms with Crippen LogP contribution >= 0.6 is 11.6 Å². The lowest BCUT2D eigenvalue weighted by Crippen LogP contribution is -2.39. The summed E-state index contributed by atoms with van der Waals surface area (Å²) in [6.07, 6.45) is 7.30. The molecule has 42 heavy (non-hydrogen) atoms. The first-order valence-electron chi connectivity index (χ1n) is 14.4. The van der Waals surface area contributed by atoms with Gasteiger partial charge >= 0.3 is 0 Å². The fourth-order valence-corrected chi connectivity index (χ4v) is 6.62. The molecule has 3 aromatic heterocycles. The molecule has 0 atom stereocenters. The summed E-state index contributed by atoms with van der Waals surface area (Å²) in [5.74, 6) is 1.77. The molecule has 0 amide bonds. The lowest BCUT2D eigenvalue weighted by Gasteiger charge is -2.39. The maximum absolute atomic E-state index is 6.44. The van der Waals surface area contributed by atoms with E-state index in [1.807, 2.05) is 18.5 Å². The Morgan fingerprint density at radius 2 is 1.33 bits per heavy atom. The Balaban J connectivity index is 1.24. The number of rotatable bonds is 7. The first-order chi connectivity index (χ1) is 20.7. The molecular weight excluding hydrogens is 542 g/mol. The molecule has 0 N–H and O–H groups in total. The van der Waals surface area contributed by atoms with E-state index in [2.05, 4.69) is 111 Å². The summed E-state index contributed by atoms with van der Waals surface area (Å²) >= 11 is 6.29. The molecule has 0 spiro atoms. The second-order valence-electron chi connectivity index (χ2n) is 10.8. The highest BCUT2D eigenvalue weighted by Crippen LogP contribution is 2.44. The zero-order chi connectivity index (χ0) is 28.4. The number of nitrogens with zero attached hydrogens (tertiary/aromatic N) is 5. The van der Waals surface area contributed by atoms with Crippen molar-refractivity contribution in [1.82, 2.24) is 24.7 Å². The molecule has 208 valence electrons. The summed E-state index contributed by atoms with van der Waals surface area (Å²) in [6.45, 7) is 0. The molecule has 6 nitrogen and oxygen atoms in total. The summed E-state index contributed by atoms with van der Waals surface area (Å²) in [6, 6.07) is 37.6. The van der Waals surface area contributed by atoms with E-state index in [0.29, 0.717) is 11.0 Å². The van der Waals surface area contributed by atoms with E-state index >= 15 is 0 Å². The topological polar surface area (TPSA) is 65.7 Å². The third-order valence-corrected chi connectivity index (χ3v) is 8.55. The van der Waals surface area contributed by atoms with E-state index in [1.165, 1.54) is 0 Å². The number of hydrogen-bond donors (Lipinski definition) is 0. The van der Waals surface area contributed by atoms with Crippen LogP contribution in [0.15, 0.2) is 122 Å². The van der Waals surface area contributed by atoms with Gasteiger partial charge in [0, 0.05) is 18.2 Å². The highest BCUT2D eigenvalue weighted by atomic mass is 35.5. The predicted octanol–water partition coefficient (Wildman–Crippen LogP) is 7.82. The number of benzene rings is 3. The molecule has 7 heteroatoms. The van der Waals surface area contributed by atoms with Crippen molar-refractivity contribution in [3.8, 4) is 5.88 Å². The van der Waals surface area contributed by atoms with Crippen LogP contribution in [0.5, 0.6) is 5.88 Å². The van der Waals surface area contributed by atoms with E-state index in [0.717, 1.165) is 59.1 Å². The van der Waals surface area contributed by atoms with Gasteiger partial charge in [0.15, 0.2) is 0 Å². The second kappa shape index (κ2) is 11.4. The van der Waals surface area contributed by atoms with Crippen molar-refractivity contribution in [2.24, 2.45) is 0 Å². The normalized spacial score (nSPS) is 17.3. The molecule has 7 rings (SSSR count). The molecular formula is C35H30ClN5O. The van der Waals surface area contributed by atoms with E-state index in [-0.39, 0.29) is 12.0 Å². The molecule has 1 fully saturated rings. The number of pyridine rings is 2. The average Bonchev–Trinajstić information content (AvgIpc) is 3.54. The molecule has 3 aromatic carbocycles. The third kappa shape index (κ3) is 4.72. The molecule has 3 heterocycles. The van der Waals surface area contributed by atoms with Crippen LogP contribution in [0.2, 0.25) is 5.15 Å². The lowest BCUT2D eigenvalue weighted by molar-refractivity contribution is 0.140. The van der Waals surface area contributed by atoms with Gasteiger partial charge < -0.3 is 4.74 Å². The second-order valence-corrected chi connectivity index (χ2v) is 11.2. The Bertz CT molecular complexity index is 1690. The Labute approximate surface area is 250 Å². The van der Waals surface area contributed by atoms with Crippen molar-refractivity contribution >= 4 is 22.5 Å². The third-order valence-electron chi connectivity index (χ3n) is 8.36. The molecule has 0 saturated heterocycles. The molecule has 6 aromatic rings. The van der Waals surface area contributed by atoms with Gasteiger partial charge in [-0.1, -0.05) is 103 Å². The van der Waals surface area contributed by atoms with Gasteiger partial charge in [0.1, 0.15) is 28.9 Å². The van der Waals surface area contributed by atoms with E-state index < -0.39 is 5.54 Å². The summed E-state index contributed by atoms with van der Waals surface area (Å²) in [5.41, 5.74) is 3.63. The zero-order valence-electron chi connectivity index (χ0n) is 23.1. The summed E-state index contributed by atoms with van der Waals surface area (Å²) in [5, 5.41) is 10.6. The van der Waals surface area contributed by atoms with Crippen molar-refractivity contribution in [3.63, 3.8) is 0 Å². The maximum atomic E-state index is 6.44. The predicted molar refractivity (Wildman–Crippen MR) is 165 cm³/mol. The molecule has 0 unspecified atom stereocenters. The molecule has 0 bridgehead atoms. The van der Waals surface area contributed by atoms with Crippen LogP contribution in [-0.4, -0.2) is 30.8 Å². The standard InChI is InChI=1S/C35H30ClN5O/c36-32-23-31-30(17-10-22-37-31)34(39-32)42-29-20-18-25(19-21-29)33-40-38-24-41(33)35(26-11-4-1-5-12-26,27-13-6-2-7-14-27)28-15-8-3-9-16-28/h1-17,22-25,29H,18-21H2. The Kier molecular flexibility index (Phi) is 7.14. The fourth-order valence-electron chi connectivity index (χ4n) is 6.44. The smallest absolute Gasteiger partial charge is 0.224 e. The van der Waals surface area contributed by atoms with Crippen LogP contribution in [0.1, 0.15) is 54.1 Å². The maximum Gasteiger partial charge on any atom is 0.224 e. The summed E-state index contributed by atoms with van der Waals surface area (Å²) in [7, 11) is 0. The van der Waals surface area contributed by atoms with Crippen LogP contribution in [0.3, 0.4) is 0 Å². The van der Waals surface area contributed by atoms with Gasteiger partial charge in [-0.05, 0) is 54.5 Å². The minimum Gasteiger partial charge on any atom is -0.474 e. The number of hydrogen-bond acceptors (Lipinski definition) is 5. The Morgan fingerprint density at radius 1 is 0.738 bits per heavy atom. The monoisotopic (exact) mass is 571 g/mol.